The van der Waals surface area contributed by atoms with Gasteiger partial charge in [0.1, 0.15) is 0 Å². The van der Waals surface area contributed by atoms with Gasteiger partial charge in [0.15, 0.2) is 0 Å². The van der Waals surface area contributed by atoms with E-state index >= 15 is 0 Å². The molecule has 0 bridgehead atoms. The van der Waals surface area contributed by atoms with E-state index in [1.165, 1.54) is 31.4 Å². The molecule has 0 aromatic heterocycles. The summed E-state index contributed by atoms with van der Waals surface area (Å²) in [4.78, 5) is 24.1. The van der Waals surface area contributed by atoms with Gasteiger partial charge >= 0.3 is 0 Å². The van der Waals surface area contributed by atoms with Gasteiger partial charge in [-0.1, -0.05) is 31.4 Å². The largest absolute Gasteiger partial charge is 0.350 e. The predicted octanol–water partition coefficient (Wildman–Crippen LogP) is 1.83. The number of amides is 2. The Balaban J connectivity index is 1.37. The van der Waals surface area contributed by atoms with Crippen LogP contribution in [-0.4, -0.2) is 32.8 Å². The Morgan fingerprint density at radius 2 is 1.57 bits per heavy atom. The average molecular weight is 408 g/mol. The molecule has 154 valence electrons. The lowest BCUT2D eigenvalue weighted by Crippen LogP contribution is -2.37. The van der Waals surface area contributed by atoms with Crippen LogP contribution in [0.25, 0.3) is 0 Å². The summed E-state index contributed by atoms with van der Waals surface area (Å²) < 4.78 is 26.9. The van der Waals surface area contributed by atoms with Crippen molar-refractivity contribution in [2.75, 3.05) is 6.54 Å². The van der Waals surface area contributed by atoms with Crippen LogP contribution in [0.4, 0.5) is 0 Å². The average Bonchev–Trinajstić information content (AvgIpc) is 3.49. The van der Waals surface area contributed by atoms with E-state index < -0.39 is 10.0 Å². The molecule has 1 aromatic rings. The summed E-state index contributed by atoms with van der Waals surface area (Å²) in [6, 6.07) is 6.51. The molecule has 2 amide bonds. The third-order valence-corrected chi connectivity index (χ3v) is 6.80. The summed E-state index contributed by atoms with van der Waals surface area (Å²) in [6.07, 6.45) is 8.11. The number of sulfonamides is 1. The van der Waals surface area contributed by atoms with Gasteiger partial charge in [0.25, 0.3) is 0 Å². The smallest absolute Gasteiger partial charge is 0.240 e. The van der Waals surface area contributed by atoms with Gasteiger partial charge in [0.2, 0.25) is 21.8 Å². The second kappa shape index (κ2) is 9.52. The molecule has 3 N–H and O–H groups in total. The predicted molar refractivity (Wildman–Crippen MR) is 106 cm³/mol. The van der Waals surface area contributed by atoms with Crippen LogP contribution in [0.15, 0.2) is 29.2 Å². The monoisotopic (exact) mass is 407 g/mol. The number of nitrogens with one attached hydrogen (secondary N) is 3. The highest BCUT2D eigenvalue weighted by Crippen LogP contribution is 2.26. The van der Waals surface area contributed by atoms with Crippen molar-refractivity contribution in [1.29, 1.82) is 0 Å². The number of carbonyl (C=O) groups excluding carboxylic acids is 2. The Hall–Kier alpha value is -1.93. The van der Waals surface area contributed by atoms with Crippen molar-refractivity contribution in [3.63, 3.8) is 0 Å². The number of hydrogen-bond acceptors (Lipinski definition) is 4. The molecule has 28 heavy (non-hydrogen) atoms. The molecule has 7 nitrogen and oxygen atoms in total. The van der Waals surface area contributed by atoms with Gasteiger partial charge in [-0.2, -0.15) is 0 Å². The molecular formula is C20H29N3O4S. The summed E-state index contributed by atoms with van der Waals surface area (Å²) >= 11 is 0. The Labute approximate surface area is 166 Å². The zero-order valence-electron chi connectivity index (χ0n) is 16.1. The van der Waals surface area contributed by atoms with Crippen LogP contribution in [-0.2, 0) is 26.2 Å². The van der Waals surface area contributed by atoms with E-state index in [-0.39, 0.29) is 35.8 Å². The molecule has 3 rings (SSSR count). The van der Waals surface area contributed by atoms with Crippen LogP contribution in [0, 0.1) is 5.92 Å². The lowest BCUT2D eigenvalue weighted by Gasteiger charge is -2.20. The summed E-state index contributed by atoms with van der Waals surface area (Å²) in [6.45, 7) is 0.247. The molecule has 1 aromatic carbocycles. The minimum atomic E-state index is -3.46. The zero-order valence-corrected chi connectivity index (χ0v) is 16.9. The standard InChI is InChI=1S/C20H29N3O4S/c24-19(12-15-4-2-1-3-5-15)22-14-20(25)21-13-16-6-10-18(11-7-16)28(26,27)23-17-8-9-17/h6-7,10-11,15,17,23H,1-5,8-9,12-14H2,(H,21,25)(H,22,24). The van der Waals surface area contributed by atoms with E-state index in [1.54, 1.807) is 12.1 Å². The normalized spacial score (nSPS) is 17.9. The maximum absolute atomic E-state index is 12.1. The molecule has 0 unspecified atom stereocenters. The van der Waals surface area contributed by atoms with Gasteiger partial charge in [0, 0.05) is 19.0 Å². The molecule has 0 heterocycles. The summed E-state index contributed by atoms with van der Waals surface area (Å²) in [5.74, 6) is 0.116. The quantitative estimate of drug-likeness (QED) is 0.581. The Morgan fingerprint density at radius 1 is 0.893 bits per heavy atom. The van der Waals surface area contributed by atoms with Gasteiger partial charge in [-0.15, -0.1) is 0 Å². The van der Waals surface area contributed by atoms with E-state index in [1.807, 2.05) is 0 Å². The fraction of sp³-hybridized carbons (Fsp3) is 0.600. The molecule has 8 heteroatoms. The van der Waals surface area contributed by atoms with Crippen molar-refractivity contribution in [1.82, 2.24) is 15.4 Å². The van der Waals surface area contributed by atoms with E-state index in [0.717, 1.165) is 31.2 Å². The van der Waals surface area contributed by atoms with Crippen LogP contribution in [0.3, 0.4) is 0 Å². The number of hydrogen-bond donors (Lipinski definition) is 3. The van der Waals surface area contributed by atoms with E-state index in [2.05, 4.69) is 15.4 Å². The van der Waals surface area contributed by atoms with Crippen molar-refractivity contribution in [3.05, 3.63) is 29.8 Å². The highest BCUT2D eigenvalue weighted by atomic mass is 32.2. The van der Waals surface area contributed by atoms with Gasteiger partial charge in [0.05, 0.1) is 11.4 Å². The molecule has 0 saturated heterocycles. The van der Waals surface area contributed by atoms with Gasteiger partial charge < -0.3 is 10.6 Å². The van der Waals surface area contributed by atoms with Gasteiger partial charge in [-0.3, -0.25) is 9.59 Å². The SMILES string of the molecule is O=C(CNC(=O)CC1CCCCC1)NCc1ccc(S(=O)(=O)NC2CC2)cc1. The van der Waals surface area contributed by atoms with E-state index in [9.17, 15) is 18.0 Å². The van der Waals surface area contributed by atoms with Crippen molar-refractivity contribution in [2.45, 2.75) is 68.8 Å². The molecular weight excluding hydrogens is 378 g/mol. The molecule has 0 atom stereocenters. The molecule has 0 radical (unpaired) electrons. The minimum Gasteiger partial charge on any atom is -0.350 e. The molecule has 2 aliphatic carbocycles. The third-order valence-electron chi connectivity index (χ3n) is 5.27. The van der Waals surface area contributed by atoms with Crippen molar-refractivity contribution >= 4 is 21.8 Å². The molecule has 2 fully saturated rings. The Morgan fingerprint density at radius 3 is 2.21 bits per heavy atom. The molecule has 2 aliphatic rings. The van der Waals surface area contributed by atoms with Crippen LogP contribution in [0.2, 0.25) is 0 Å². The Kier molecular flexibility index (Phi) is 7.07. The summed E-state index contributed by atoms with van der Waals surface area (Å²) in [5, 5.41) is 5.42. The summed E-state index contributed by atoms with van der Waals surface area (Å²) in [5.41, 5.74) is 0.798. The highest BCUT2D eigenvalue weighted by Gasteiger charge is 2.27. The van der Waals surface area contributed by atoms with Crippen molar-refractivity contribution in [3.8, 4) is 0 Å². The number of carbonyl (C=O) groups is 2. The highest BCUT2D eigenvalue weighted by molar-refractivity contribution is 7.89. The first-order valence-corrected chi connectivity index (χ1v) is 11.6. The lowest BCUT2D eigenvalue weighted by molar-refractivity contribution is -0.126. The van der Waals surface area contributed by atoms with E-state index in [4.69, 9.17) is 0 Å². The maximum Gasteiger partial charge on any atom is 0.240 e. The van der Waals surface area contributed by atoms with Gasteiger partial charge in [-0.25, -0.2) is 13.1 Å². The number of benzene rings is 1. The van der Waals surface area contributed by atoms with Crippen LogP contribution < -0.4 is 15.4 Å². The maximum atomic E-state index is 12.1. The lowest BCUT2D eigenvalue weighted by atomic mass is 9.87. The fourth-order valence-electron chi connectivity index (χ4n) is 3.44. The van der Waals surface area contributed by atoms with E-state index in [0.29, 0.717) is 12.3 Å². The van der Waals surface area contributed by atoms with Crippen LogP contribution in [0.5, 0.6) is 0 Å². The third kappa shape index (κ3) is 6.60. The molecule has 0 spiro atoms. The summed E-state index contributed by atoms with van der Waals surface area (Å²) in [7, 11) is -3.46. The first-order chi connectivity index (χ1) is 13.4. The second-order valence-corrected chi connectivity index (χ2v) is 9.52. The first-order valence-electron chi connectivity index (χ1n) is 10.1. The van der Waals surface area contributed by atoms with Crippen LogP contribution in [0.1, 0.15) is 56.9 Å². The number of rotatable bonds is 9. The molecule has 2 saturated carbocycles. The fourth-order valence-corrected chi connectivity index (χ4v) is 4.75. The van der Waals surface area contributed by atoms with Crippen molar-refractivity contribution in [2.24, 2.45) is 5.92 Å². The first kappa shape index (κ1) is 20.8. The zero-order chi connectivity index (χ0) is 20.0. The second-order valence-electron chi connectivity index (χ2n) is 7.80. The topological polar surface area (TPSA) is 104 Å². The Bertz CT molecular complexity index is 782. The minimum absolute atomic E-state index is 0.0384. The van der Waals surface area contributed by atoms with Crippen LogP contribution >= 0.6 is 0 Å². The molecule has 0 aliphatic heterocycles. The van der Waals surface area contributed by atoms with Gasteiger partial charge in [-0.05, 0) is 49.3 Å². The van der Waals surface area contributed by atoms with Crippen molar-refractivity contribution < 1.29 is 18.0 Å².